The lowest BCUT2D eigenvalue weighted by Crippen LogP contribution is -2.12. The van der Waals surface area contributed by atoms with E-state index in [1.807, 2.05) is 56.3 Å². The Balaban J connectivity index is 2.05. The molecule has 2 rings (SSSR count). The summed E-state index contributed by atoms with van der Waals surface area (Å²) in [6.07, 6.45) is 0. The minimum atomic E-state index is 0.00737. The predicted octanol–water partition coefficient (Wildman–Crippen LogP) is 4.69. The standard InChI is InChI=1S/C19H22O2/c1-13(2)16-8-10-17(11-9-16)18(20)12-21-19-14(3)6-5-7-15(19)4/h5-11,13H,12H2,1-4H3. The van der Waals surface area contributed by atoms with E-state index in [-0.39, 0.29) is 12.4 Å². The SMILES string of the molecule is Cc1cccc(C)c1OCC(=O)c1ccc(C(C)C)cc1. The molecule has 110 valence electrons. The molecule has 0 aliphatic carbocycles. The lowest BCUT2D eigenvalue weighted by atomic mass is 10.0. The largest absolute Gasteiger partial charge is 0.485 e. The Hall–Kier alpha value is -2.09. The number of ketones is 1. The zero-order valence-electron chi connectivity index (χ0n) is 13.1. The van der Waals surface area contributed by atoms with Crippen LogP contribution in [0, 0.1) is 13.8 Å². The fraction of sp³-hybridized carbons (Fsp3) is 0.316. The number of Topliss-reactive ketones (excluding diaryl/α,β-unsaturated/α-hetero) is 1. The Labute approximate surface area is 126 Å². The van der Waals surface area contributed by atoms with Crippen LogP contribution in [0.3, 0.4) is 0 Å². The third-order valence-electron chi connectivity index (χ3n) is 3.66. The molecule has 0 fully saturated rings. The molecule has 0 aliphatic rings. The zero-order valence-corrected chi connectivity index (χ0v) is 13.1. The number of benzene rings is 2. The van der Waals surface area contributed by atoms with Gasteiger partial charge in [-0.2, -0.15) is 0 Å². The number of hydrogen-bond acceptors (Lipinski definition) is 2. The van der Waals surface area contributed by atoms with Crippen molar-refractivity contribution in [3.63, 3.8) is 0 Å². The second kappa shape index (κ2) is 6.57. The molecule has 0 radical (unpaired) electrons. The van der Waals surface area contributed by atoms with Gasteiger partial charge in [0.25, 0.3) is 0 Å². The molecule has 0 saturated heterocycles. The van der Waals surface area contributed by atoms with Gasteiger partial charge >= 0.3 is 0 Å². The summed E-state index contributed by atoms with van der Waals surface area (Å²) in [4.78, 5) is 12.2. The molecular weight excluding hydrogens is 260 g/mol. The first-order chi connectivity index (χ1) is 9.99. The third kappa shape index (κ3) is 3.72. The quantitative estimate of drug-likeness (QED) is 0.744. The van der Waals surface area contributed by atoms with Crippen LogP contribution in [0.4, 0.5) is 0 Å². The first-order valence-electron chi connectivity index (χ1n) is 7.31. The Morgan fingerprint density at radius 1 is 1.00 bits per heavy atom. The van der Waals surface area contributed by atoms with Gasteiger partial charge in [-0.05, 0) is 36.5 Å². The average molecular weight is 282 g/mol. The highest BCUT2D eigenvalue weighted by molar-refractivity contribution is 5.97. The van der Waals surface area contributed by atoms with Gasteiger partial charge in [-0.15, -0.1) is 0 Å². The van der Waals surface area contributed by atoms with Crippen LogP contribution in [0.25, 0.3) is 0 Å². The summed E-state index contributed by atoms with van der Waals surface area (Å²) in [5, 5.41) is 0. The van der Waals surface area contributed by atoms with E-state index < -0.39 is 0 Å². The molecule has 0 heterocycles. The predicted molar refractivity (Wildman–Crippen MR) is 86.3 cm³/mol. The van der Waals surface area contributed by atoms with Gasteiger partial charge in [0.05, 0.1) is 0 Å². The molecule has 0 aromatic heterocycles. The molecule has 0 bridgehead atoms. The Kier molecular flexibility index (Phi) is 4.79. The molecule has 2 aromatic carbocycles. The van der Waals surface area contributed by atoms with Crippen LogP contribution in [-0.4, -0.2) is 12.4 Å². The molecule has 0 N–H and O–H groups in total. The number of aryl methyl sites for hydroxylation is 2. The van der Waals surface area contributed by atoms with Crippen LogP contribution >= 0.6 is 0 Å². The van der Waals surface area contributed by atoms with Crippen molar-refractivity contribution in [3.8, 4) is 5.75 Å². The number of carbonyl (C=O) groups excluding carboxylic acids is 1. The highest BCUT2D eigenvalue weighted by atomic mass is 16.5. The fourth-order valence-electron chi connectivity index (χ4n) is 2.30. The smallest absolute Gasteiger partial charge is 0.200 e. The summed E-state index contributed by atoms with van der Waals surface area (Å²) >= 11 is 0. The van der Waals surface area contributed by atoms with Crippen LogP contribution < -0.4 is 4.74 Å². The minimum absolute atomic E-state index is 0.00737. The number of rotatable bonds is 5. The normalized spacial score (nSPS) is 10.7. The molecule has 0 unspecified atom stereocenters. The van der Waals surface area contributed by atoms with Crippen molar-refractivity contribution in [3.05, 3.63) is 64.7 Å². The third-order valence-corrected chi connectivity index (χ3v) is 3.66. The summed E-state index contributed by atoms with van der Waals surface area (Å²) in [5.41, 5.74) is 4.05. The van der Waals surface area contributed by atoms with Crippen molar-refractivity contribution in [2.24, 2.45) is 0 Å². The van der Waals surface area contributed by atoms with Gasteiger partial charge in [0, 0.05) is 5.56 Å². The molecule has 0 aliphatic heterocycles. The zero-order chi connectivity index (χ0) is 15.4. The van der Waals surface area contributed by atoms with Crippen molar-refractivity contribution in [1.82, 2.24) is 0 Å². The Morgan fingerprint density at radius 2 is 1.57 bits per heavy atom. The topological polar surface area (TPSA) is 26.3 Å². The van der Waals surface area contributed by atoms with Gasteiger partial charge in [-0.1, -0.05) is 56.3 Å². The van der Waals surface area contributed by atoms with Crippen LogP contribution in [-0.2, 0) is 0 Å². The maximum atomic E-state index is 12.2. The van der Waals surface area contributed by atoms with Crippen molar-refractivity contribution in [2.45, 2.75) is 33.6 Å². The lowest BCUT2D eigenvalue weighted by molar-refractivity contribution is 0.0920. The number of para-hydroxylation sites is 1. The van der Waals surface area contributed by atoms with E-state index in [9.17, 15) is 4.79 Å². The van der Waals surface area contributed by atoms with Crippen molar-refractivity contribution >= 4 is 5.78 Å². The average Bonchev–Trinajstić information content (AvgIpc) is 2.46. The van der Waals surface area contributed by atoms with Crippen LogP contribution in [0.15, 0.2) is 42.5 Å². The molecule has 0 amide bonds. The van der Waals surface area contributed by atoms with Crippen LogP contribution in [0.1, 0.15) is 46.8 Å². The molecule has 2 aromatic rings. The second-order valence-corrected chi connectivity index (χ2v) is 5.71. The van der Waals surface area contributed by atoms with E-state index in [1.54, 1.807) is 0 Å². The summed E-state index contributed by atoms with van der Waals surface area (Å²) < 4.78 is 5.71. The summed E-state index contributed by atoms with van der Waals surface area (Å²) in [7, 11) is 0. The van der Waals surface area contributed by atoms with Gasteiger partial charge in [0.1, 0.15) is 5.75 Å². The number of ether oxygens (including phenoxy) is 1. The molecule has 0 atom stereocenters. The van der Waals surface area contributed by atoms with E-state index in [2.05, 4.69) is 13.8 Å². The highest BCUT2D eigenvalue weighted by Crippen LogP contribution is 2.22. The molecule has 2 nitrogen and oxygen atoms in total. The van der Waals surface area contributed by atoms with Crippen molar-refractivity contribution < 1.29 is 9.53 Å². The van der Waals surface area contributed by atoms with Gasteiger partial charge < -0.3 is 4.74 Å². The van der Waals surface area contributed by atoms with E-state index in [0.29, 0.717) is 11.5 Å². The fourth-order valence-corrected chi connectivity index (χ4v) is 2.30. The number of carbonyl (C=O) groups is 1. The van der Waals surface area contributed by atoms with Crippen molar-refractivity contribution in [2.75, 3.05) is 6.61 Å². The van der Waals surface area contributed by atoms with Gasteiger partial charge in [-0.3, -0.25) is 4.79 Å². The molecule has 2 heteroatoms. The van der Waals surface area contributed by atoms with Crippen LogP contribution in [0.2, 0.25) is 0 Å². The van der Waals surface area contributed by atoms with E-state index in [4.69, 9.17) is 4.74 Å². The molecular formula is C19H22O2. The highest BCUT2D eigenvalue weighted by Gasteiger charge is 2.10. The first kappa shape index (κ1) is 15.3. The molecule has 0 spiro atoms. The van der Waals surface area contributed by atoms with E-state index in [1.165, 1.54) is 5.56 Å². The van der Waals surface area contributed by atoms with Gasteiger partial charge in [-0.25, -0.2) is 0 Å². The summed E-state index contributed by atoms with van der Waals surface area (Å²) in [6, 6.07) is 13.8. The Morgan fingerprint density at radius 3 is 2.10 bits per heavy atom. The maximum absolute atomic E-state index is 12.2. The summed E-state index contributed by atoms with van der Waals surface area (Å²) in [5.74, 6) is 1.29. The Bertz CT molecular complexity index is 604. The monoisotopic (exact) mass is 282 g/mol. The maximum Gasteiger partial charge on any atom is 0.200 e. The summed E-state index contributed by atoms with van der Waals surface area (Å²) in [6.45, 7) is 8.34. The van der Waals surface area contributed by atoms with Gasteiger partial charge in [0.15, 0.2) is 12.4 Å². The number of hydrogen-bond donors (Lipinski definition) is 0. The second-order valence-electron chi connectivity index (χ2n) is 5.71. The van der Waals surface area contributed by atoms with Gasteiger partial charge in [0.2, 0.25) is 0 Å². The molecule has 21 heavy (non-hydrogen) atoms. The first-order valence-corrected chi connectivity index (χ1v) is 7.31. The minimum Gasteiger partial charge on any atom is -0.485 e. The lowest BCUT2D eigenvalue weighted by Gasteiger charge is -2.11. The van der Waals surface area contributed by atoms with Crippen LogP contribution in [0.5, 0.6) is 5.75 Å². The van der Waals surface area contributed by atoms with E-state index in [0.717, 1.165) is 16.9 Å². The van der Waals surface area contributed by atoms with Crippen molar-refractivity contribution in [1.29, 1.82) is 0 Å². The molecule has 0 saturated carbocycles. The van der Waals surface area contributed by atoms with E-state index >= 15 is 0 Å².